The molecule has 1 aromatic carbocycles. The molecule has 0 aliphatic carbocycles. The zero-order chi connectivity index (χ0) is 9.54. The molecule has 0 radical (unpaired) electrons. The van der Waals surface area contributed by atoms with E-state index in [1.54, 1.807) is 0 Å². The minimum atomic E-state index is 0.218. The van der Waals surface area contributed by atoms with Crippen LogP contribution in [0.3, 0.4) is 0 Å². The van der Waals surface area contributed by atoms with Gasteiger partial charge in [0.15, 0.2) is 0 Å². The van der Waals surface area contributed by atoms with Gasteiger partial charge in [-0.2, -0.15) is 0 Å². The lowest BCUT2D eigenvalue weighted by Crippen LogP contribution is -2.43. The Balaban J connectivity index is 2.04. The van der Waals surface area contributed by atoms with Crippen LogP contribution in [0.5, 0.6) is 0 Å². The summed E-state index contributed by atoms with van der Waals surface area (Å²) >= 11 is 2.00. The first-order valence-corrected chi connectivity index (χ1v) is 6.17. The maximum Gasteiger partial charge on any atom is 0.0464 e. The Hall–Kier alpha value is -0.510. The molecule has 0 aromatic heterocycles. The van der Waals surface area contributed by atoms with Crippen LogP contribution in [-0.2, 0) is 6.54 Å². The average molecular weight is 206 g/mol. The number of fused-ring (bicyclic) bond motifs is 2. The summed E-state index contributed by atoms with van der Waals surface area (Å²) in [5.41, 5.74) is 9.05. The monoisotopic (exact) mass is 206 g/mol. The van der Waals surface area contributed by atoms with E-state index in [0.717, 1.165) is 12.4 Å². The summed E-state index contributed by atoms with van der Waals surface area (Å²) in [6, 6.07) is 9.37. The second-order valence-electron chi connectivity index (χ2n) is 4.04. The van der Waals surface area contributed by atoms with E-state index in [2.05, 4.69) is 29.2 Å². The number of nitrogens with zero attached hydrogens (tertiary/aromatic N) is 1. The van der Waals surface area contributed by atoms with Crippen molar-refractivity contribution >= 4 is 11.8 Å². The van der Waals surface area contributed by atoms with Gasteiger partial charge in [-0.15, -0.1) is 11.8 Å². The van der Waals surface area contributed by atoms with Crippen molar-refractivity contribution in [2.75, 3.05) is 11.6 Å². The summed E-state index contributed by atoms with van der Waals surface area (Å²) in [5.74, 6) is 2.34. The van der Waals surface area contributed by atoms with E-state index in [1.165, 1.54) is 16.9 Å². The Morgan fingerprint density at radius 2 is 2.21 bits per heavy atom. The van der Waals surface area contributed by atoms with Gasteiger partial charge < -0.3 is 5.73 Å². The molecule has 1 unspecified atom stereocenters. The van der Waals surface area contributed by atoms with Crippen LogP contribution in [0.25, 0.3) is 0 Å². The number of thioether (sulfide) groups is 1. The van der Waals surface area contributed by atoms with Crippen molar-refractivity contribution in [2.24, 2.45) is 5.73 Å². The molecule has 2 heterocycles. The summed E-state index contributed by atoms with van der Waals surface area (Å²) < 4.78 is 0. The average Bonchev–Trinajstić information content (AvgIpc) is 2.66. The molecule has 1 aromatic rings. The van der Waals surface area contributed by atoms with E-state index in [1.807, 2.05) is 11.8 Å². The van der Waals surface area contributed by atoms with Gasteiger partial charge in [-0.25, -0.2) is 0 Å². The molecule has 3 heteroatoms. The third-order valence-electron chi connectivity index (χ3n) is 3.22. The van der Waals surface area contributed by atoms with Crippen LogP contribution in [0.15, 0.2) is 24.3 Å². The maximum atomic E-state index is 6.28. The predicted octanol–water partition coefficient (Wildman–Crippen LogP) is 1.57. The predicted molar refractivity (Wildman–Crippen MR) is 60.0 cm³/mol. The molecule has 2 aliphatic heterocycles. The van der Waals surface area contributed by atoms with Crippen LogP contribution >= 0.6 is 11.8 Å². The second-order valence-corrected chi connectivity index (χ2v) is 5.04. The molecule has 74 valence electrons. The molecule has 2 nitrogen and oxygen atoms in total. The van der Waals surface area contributed by atoms with Crippen molar-refractivity contribution in [3.05, 3.63) is 35.4 Å². The summed E-state index contributed by atoms with van der Waals surface area (Å²) in [6.07, 6.45) is 0. The number of hydrogen-bond acceptors (Lipinski definition) is 3. The number of rotatable bonds is 0. The molecule has 0 bridgehead atoms. The zero-order valence-corrected chi connectivity index (χ0v) is 8.83. The van der Waals surface area contributed by atoms with E-state index in [-0.39, 0.29) is 6.04 Å². The van der Waals surface area contributed by atoms with Crippen molar-refractivity contribution < 1.29 is 0 Å². The van der Waals surface area contributed by atoms with E-state index in [0.29, 0.717) is 6.04 Å². The minimum Gasteiger partial charge on any atom is -0.323 e. The van der Waals surface area contributed by atoms with Gasteiger partial charge in [-0.3, -0.25) is 4.90 Å². The SMILES string of the molecule is NC1c2ccccc2CN2CSC[C@H]12. The van der Waals surface area contributed by atoms with Gasteiger partial charge in [0.1, 0.15) is 0 Å². The molecule has 0 amide bonds. The molecule has 14 heavy (non-hydrogen) atoms. The molecular weight excluding hydrogens is 192 g/mol. The second kappa shape index (κ2) is 3.26. The molecule has 0 saturated carbocycles. The molecule has 2 atom stereocenters. The van der Waals surface area contributed by atoms with E-state index in [9.17, 15) is 0 Å². The van der Waals surface area contributed by atoms with Crippen LogP contribution in [0.1, 0.15) is 17.2 Å². The molecule has 0 spiro atoms. The van der Waals surface area contributed by atoms with E-state index >= 15 is 0 Å². The standard InChI is InChI=1S/C11H14N2S/c12-11-9-4-2-1-3-8(9)5-13-7-14-6-10(11)13/h1-4,10-11H,5-7,12H2/t10-,11?/m1/s1. The fourth-order valence-electron chi connectivity index (χ4n) is 2.41. The molecular formula is C11H14N2S. The van der Waals surface area contributed by atoms with Crippen molar-refractivity contribution in [2.45, 2.75) is 18.6 Å². The Morgan fingerprint density at radius 3 is 3.14 bits per heavy atom. The fourth-order valence-corrected chi connectivity index (χ4v) is 3.70. The number of benzene rings is 1. The fraction of sp³-hybridized carbons (Fsp3) is 0.455. The van der Waals surface area contributed by atoms with E-state index < -0.39 is 0 Å². The topological polar surface area (TPSA) is 29.3 Å². The van der Waals surface area contributed by atoms with Crippen molar-refractivity contribution in [3.8, 4) is 0 Å². The van der Waals surface area contributed by atoms with Gasteiger partial charge in [0.05, 0.1) is 0 Å². The first-order valence-electron chi connectivity index (χ1n) is 5.01. The summed E-state index contributed by atoms with van der Waals surface area (Å²) in [4.78, 5) is 2.50. The third kappa shape index (κ3) is 1.20. The highest BCUT2D eigenvalue weighted by Crippen LogP contribution is 2.36. The lowest BCUT2D eigenvalue weighted by atomic mass is 9.91. The molecule has 3 rings (SSSR count). The lowest BCUT2D eigenvalue weighted by Gasteiger charge is -2.35. The Bertz CT molecular complexity index is 353. The first-order chi connectivity index (χ1) is 6.86. The molecule has 1 saturated heterocycles. The van der Waals surface area contributed by atoms with Crippen LogP contribution in [0.2, 0.25) is 0 Å². The Morgan fingerprint density at radius 1 is 1.36 bits per heavy atom. The Labute approximate surface area is 88.5 Å². The molecule has 2 N–H and O–H groups in total. The highest BCUT2D eigenvalue weighted by molar-refractivity contribution is 7.99. The molecule has 2 aliphatic rings. The van der Waals surface area contributed by atoms with Crippen LogP contribution < -0.4 is 5.73 Å². The Kier molecular flexibility index (Phi) is 2.04. The first kappa shape index (κ1) is 8.77. The summed E-state index contributed by atoms with van der Waals surface area (Å²) in [6.45, 7) is 1.08. The lowest BCUT2D eigenvalue weighted by molar-refractivity contribution is 0.207. The smallest absolute Gasteiger partial charge is 0.0464 e. The summed E-state index contributed by atoms with van der Waals surface area (Å²) in [7, 11) is 0. The van der Waals surface area contributed by atoms with E-state index in [4.69, 9.17) is 5.73 Å². The highest BCUT2D eigenvalue weighted by Gasteiger charge is 2.35. The quantitative estimate of drug-likeness (QED) is 0.698. The van der Waals surface area contributed by atoms with Crippen molar-refractivity contribution in [1.82, 2.24) is 4.90 Å². The third-order valence-corrected chi connectivity index (χ3v) is 4.31. The van der Waals surface area contributed by atoms with Crippen LogP contribution in [0, 0.1) is 0 Å². The number of hydrogen-bond donors (Lipinski definition) is 1. The van der Waals surface area contributed by atoms with Crippen molar-refractivity contribution in [1.29, 1.82) is 0 Å². The van der Waals surface area contributed by atoms with Gasteiger partial charge >= 0.3 is 0 Å². The van der Waals surface area contributed by atoms with Crippen LogP contribution in [0.4, 0.5) is 0 Å². The minimum absolute atomic E-state index is 0.218. The van der Waals surface area contributed by atoms with Crippen LogP contribution in [-0.4, -0.2) is 22.6 Å². The maximum absolute atomic E-state index is 6.28. The largest absolute Gasteiger partial charge is 0.323 e. The highest BCUT2D eigenvalue weighted by atomic mass is 32.2. The van der Waals surface area contributed by atoms with Gasteiger partial charge in [0.25, 0.3) is 0 Å². The summed E-state index contributed by atoms with van der Waals surface area (Å²) in [5, 5.41) is 0. The van der Waals surface area contributed by atoms with Crippen molar-refractivity contribution in [3.63, 3.8) is 0 Å². The zero-order valence-electron chi connectivity index (χ0n) is 8.02. The normalized spacial score (nSPS) is 31.2. The molecule has 1 fully saturated rings. The van der Waals surface area contributed by atoms with Gasteiger partial charge in [0, 0.05) is 30.3 Å². The van der Waals surface area contributed by atoms with Gasteiger partial charge in [-0.05, 0) is 11.1 Å². The number of nitrogens with two attached hydrogens (primary N) is 1. The van der Waals surface area contributed by atoms with Gasteiger partial charge in [-0.1, -0.05) is 24.3 Å². The van der Waals surface area contributed by atoms with Gasteiger partial charge in [0.2, 0.25) is 0 Å².